The number of hydroxylamine groups is 1. The van der Waals surface area contributed by atoms with Crippen LogP contribution >= 0.6 is 15.9 Å². The highest BCUT2D eigenvalue weighted by atomic mass is 79.9. The van der Waals surface area contributed by atoms with E-state index in [-0.39, 0.29) is 12.0 Å². The number of halogens is 1. The third kappa shape index (κ3) is 1.63. The molecule has 0 aromatic carbocycles. The van der Waals surface area contributed by atoms with E-state index < -0.39 is 0 Å². The molecule has 0 amide bonds. The number of hydrogen-bond donors (Lipinski definition) is 1. The van der Waals surface area contributed by atoms with Crippen molar-refractivity contribution in [1.29, 1.82) is 0 Å². The van der Waals surface area contributed by atoms with E-state index in [1.807, 2.05) is 16.8 Å². The molecule has 76 valence electrons. The van der Waals surface area contributed by atoms with Gasteiger partial charge >= 0.3 is 0 Å². The van der Waals surface area contributed by atoms with Gasteiger partial charge in [0, 0.05) is 30.6 Å². The molecular formula is C9H11BrN2O2. The minimum Gasteiger partial charge on any atom is -0.316 e. The van der Waals surface area contributed by atoms with Crippen LogP contribution in [0.3, 0.4) is 0 Å². The summed E-state index contributed by atoms with van der Waals surface area (Å²) in [5.41, 5.74) is 3.37. The Kier molecular flexibility index (Phi) is 2.71. The second-order valence-electron chi connectivity index (χ2n) is 3.19. The summed E-state index contributed by atoms with van der Waals surface area (Å²) in [6.07, 6.45) is 3.05. The first-order valence-corrected chi connectivity index (χ1v) is 5.24. The zero-order valence-corrected chi connectivity index (χ0v) is 9.37. The molecule has 0 saturated carbocycles. The molecule has 14 heavy (non-hydrogen) atoms. The van der Waals surface area contributed by atoms with Crippen molar-refractivity contribution < 1.29 is 9.63 Å². The van der Waals surface area contributed by atoms with Crippen LogP contribution in [0.1, 0.15) is 29.6 Å². The molecule has 1 aliphatic rings. The van der Waals surface area contributed by atoms with Crippen molar-refractivity contribution >= 4 is 21.7 Å². The Morgan fingerprint density at radius 3 is 3.21 bits per heavy atom. The van der Waals surface area contributed by atoms with E-state index in [9.17, 15) is 4.79 Å². The number of carbonyl (C=O) groups excluding carboxylic acids is 1. The molecule has 2 rings (SSSR count). The van der Waals surface area contributed by atoms with E-state index in [1.165, 1.54) is 0 Å². The van der Waals surface area contributed by atoms with E-state index in [0.29, 0.717) is 18.5 Å². The van der Waals surface area contributed by atoms with Crippen LogP contribution in [0.15, 0.2) is 16.7 Å². The predicted octanol–water partition coefficient (Wildman–Crippen LogP) is 1.88. The van der Waals surface area contributed by atoms with Gasteiger partial charge in [-0.25, -0.2) is 5.48 Å². The van der Waals surface area contributed by atoms with Crippen molar-refractivity contribution in [3.63, 3.8) is 0 Å². The quantitative estimate of drug-likeness (QED) is 0.824. The van der Waals surface area contributed by atoms with Crippen molar-refractivity contribution in [2.45, 2.75) is 19.1 Å². The Labute approximate surface area is 90.3 Å². The SMILES string of the molecule is CNOC1CCC(=O)c2cc(Br)cn21. The molecule has 1 aromatic heterocycles. The molecule has 0 radical (unpaired) electrons. The number of aromatic nitrogens is 1. The first-order chi connectivity index (χ1) is 6.72. The zero-order chi connectivity index (χ0) is 10.1. The number of carbonyl (C=O) groups is 1. The molecule has 0 bridgehead atoms. The average Bonchev–Trinajstić information content (AvgIpc) is 2.53. The van der Waals surface area contributed by atoms with Gasteiger partial charge in [0.25, 0.3) is 0 Å². The van der Waals surface area contributed by atoms with Gasteiger partial charge in [0.2, 0.25) is 0 Å². The molecule has 0 saturated heterocycles. The van der Waals surface area contributed by atoms with Crippen LogP contribution in [0, 0.1) is 0 Å². The molecule has 1 N–H and O–H groups in total. The summed E-state index contributed by atoms with van der Waals surface area (Å²) < 4.78 is 2.76. The van der Waals surface area contributed by atoms with Gasteiger partial charge in [0.15, 0.2) is 12.0 Å². The molecule has 5 heteroatoms. The van der Waals surface area contributed by atoms with E-state index in [4.69, 9.17) is 4.84 Å². The largest absolute Gasteiger partial charge is 0.316 e. The summed E-state index contributed by atoms with van der Waals surface area (Å²) in [6, 6.07) is 1.83. The topological polar surface area (TPSA) is 43.3 Å². The number of fused-ring (bicyclic) bond motifs is 1. The monoisotopic (exact) mass is 258 g/mol. The molecule has 0 aliphatic carbocycles. The molecule has 1 aliphatic heterocycles. The Bertz CT molecular complexity index is 362. The highest BCUT2D eigenvalue weighted by Gasteiger charge is 2.25. The molecule has 1 aromatic rings. The van der Waals surface area contributed by atoms with Gasteiger partial charge in [0.1, 0.15) is 0 Å². The maximum absolute atomic E-state index is 11.5. The average molecular weight is 259 g/mol. The Morgan fingerprint density at radius 2 is 2.50 bits per heavy atom. The molecule has 0 spiro atoms. The van der Waals surface area contributed by atoms with E-state index >= 15 is 0 Å². The molecule has 1 atom stereocenters. The van der Waals surface area contributed by atoms with Gasteiger partial charge in [-0.15, -0.1) is 0 Å². The highest BCUT2D eigenvalue weighted by Crippen LogP contribution is 2.28. The Balaban J connectivity index is 2.36. The smallest absolute Gasteiger partial charge is 0.179 e. The first-order valence-electron chi connectivity index (χ1n) is 4.45. The van der Waals surface area contributed by atoms with Crippen LogP contribution < -0.4 is 5.48 Å². The molecule has 1 unspecified atom stereocenters. The normalized spacial score (nSPS) is 21.0. The van der Waals surface area contributed by atoms with Crippen LogP contribution in [0.4, 0.5) is 0 Å². The number of nitrogens with one attached hydrogen (secondary N) is 1. The van der Waals surface area contributed by atoms with Crippen LogP contribution in [0.5, 0.6) is 0 Å². The van der Waals surface area contributed by atoms with Crippen molar-refractivity contribution in [3.05, 3.63) is 22.4 Å². The Hall–Kier alpha value is -0.650. The van der Waals surface area contributed by atoms with Gasteiger partial charge in [-0.2, -0.15) is 0 Å². The lowest BCUT2D eigenvalue weighted by atomic mass is 10.1. The van der Waals surface area contributed by atoms with Crippen LogP contribution in [-0.4, -0.2) is 17.4 Å². The summed E-state index contributed by atoms with van der Waals surface area (Å²) in [6.45, 7) is 0. The molecule has 0 fully saturated rings. The van der Waals surface area contributed by atoms with E-state index in [0.717, 1.165) is 4.47 Å². The second-order valence-corrected chi connectivity index (χ2v) is 4.10. The van der Waals surface area contributed by atoms with E-state index in [1.54, 1.807) is 7.05 Å². The van der Waals surface area contributed by atoms with Crippen molar-refractivity contribution in [2.75, 3.05) is 7.05 Å². The number of nitrogens with zero attached hydrogens (tertiary/aromatic N) is 1. The van der Waals surface area contributed by atoms with Crippen molar-refractivity contribution in [3.8, 4) is 0 Å². The maximum atomic E-state index is 11.5. The van der Waals surface area contributed by atoms with E-state index in [2.05, 4.69) is 21.4 Å². The summed E-state index contributed by atoms with van der Waals surface area (Å²) in [7, 11) is 1.72. The summed E-state index contributed by atoms with van der Waals surface area (Å²) in [4.78, 5) is 16.8. The minimum atomic E-state index is -0.0843. The predicted molar refractivity (Wildman–Crippen MR) is 54.9 cm³/mol. The summed E-state index contributed by atoms with van der Waals surface area (Å²) >= 11 is 3.35. The van der Waals surface area contributed by atoms with Crippen LogP contribution in [0.25, 0.3) is 0 Å². The third-order valence-corrected chi connectivity index (χ3v) is 2.72. The van der Waals surface area contributed by atoms with Crippen molar-refractivity contribution in [2.24, 2.45) is 0 Å². The van der Waals surface area contributed by atoms with Crippen LogP contribution in [-0.2, 0) is 4.84 Å². The van der Waals surface area contributed by atoms with Gasteiger partial charge in [0.05, 0.1) is 5.69 Å². The van der Waals surface area contributed by atoms with Gasteiger partial charge < -0.3 is 4.57 Å². The number of rotatable bonds is 2. The Morgan fingerprint density at radius 1 is 1.71 bits per heavy atom. The number of ketones is 1. The third-order valence-electron chi connectivity index (χ3n) is 2.28. The van der Waals surface area contributed by atoms with Gasteiger partial charge in [-0.1, -0.05) is 0 Å². The second kappa shape index (κ2) is 3.84. The maximum Gasteiger partial charge on any atom is 0.179 e. The summed E-state index contributed by atoms with van der Waals surface area (Å²) in [5.74, 6) is 0.173. The number of Topliss-reactive ketones (excluding diaryl/α,β-unsaturated/α-hetero) is 1. The molecule has 4 nitrogen and oxygen atoms in total. The lowest BCUT2D eigenvalue weighted by Gasteiger charge is -2.24. The fraction of sp³-hybridized carbons (Fsp3) is 0.444. The molecular weight excluding hydrogens is 248 g/mol. The highest BCUT2D eigenvalue weighted by molar-refractivity contribution is 9.10. The standard InChI is InChI=1S/C9H11BrN2O2/c1-11-14-9-3-2-8(13)7-4-6(10)5-12(7)9/h4-5,9,11H,2-3H2,1H3. The first kappa shape index (κ1) is 9.89. The number of hydrogen-bond acceptors (Lipinski definition) is 3. The molecule has 2 heterocycles. The lowest BCUT2D eigenvalue weighted by molar-refractivity contribution is -0.0642. The van der Waals surface area contributed by atoms with Gasteiger partial charge in [-0.3, -0.25) is 9.63 Å². The van der Waals surface area contributed by atoms with Gasteiger partial charge in [-0.05, 0) is 22.0 Å². The fourth-order valence-electron chi connectivity index (χ4n) is 1.68. The lowest BCUT2D eigenvalue weighted by Crippen LogP contribution is -2.26. The van der Waals surface area contributed by atoms with Crippen molar-refractivity contribution in [1.82, 2.24) is 10.0 Å². The zero-order valence-electron chi connectivity index (χ0n) is 7.79. The van der Waals surface area contributed by atoms with Crippen LogP contribution in [0.2, 0.25) is 0 Å². The summed E-state index contributed by atoms with van der Waals surface area (Å²) in [5, 5.41) is 0. The fourth-order valence-corrected chi connectivity index (χ4v) is 2.12. The minimum absolute atomic E-state index is 0.0843.